The predicted molar refractivity (Wildman–Crippen MR) is 107 cm³/mol. The van der Waals surface area contributed by atoms with Crippen molar-refractivity contribution in [1.82, 2.24) is 0 Å². The fourth-order valence-corrected chi connectivity index (χ4v) is 2.70. The van der Waals surface area contributed by atoms with Crippen molar-refractivity contribution in [3.8, 4) is 0 Å². The van der Waals surface area contributed by atoms with Crippen LogP contribution in [0.25, 0.3) is 0 Å². The monoisotopic (exact) mass is 352 g/mol. The first-order valence-corrected chi connectivity index (χ1v) is 9.41. The number of benzene rings is 2. The molecule has 0 atom stereocenters. The first kappa shape index (κ1) is 19.7. The van der Waals surface area contributed by atoms with Gasteiger partial charge < -0.3 is 10.6 Å². The van der Waals surface area contributed by atoms with Gasteiger partial charge in [0.1, 0.15) is 0 Å². The Morgan fingerprint density at radius 2 is 1.31 bits per heavy atom. The third kappa shape index (κ3) is 7.51. The fraction of sp³-hybridized carbons (Fsp3) is 0.364. The van der Waals surface area contributed by atoms with Crippen LogP contribution < -0.4 is 10.6 Å². The summed E-state index contributed by atoms with van der Waals surface area (Å²) in [7, 11) is 0. The Morgan fingerprint density at radius 3 is 1.88 bits per heavy atom. The number of carbonyl (C=O) groups is 2. The van der Waals surface area contributed by atoms with E-state index < -0.39 is 0 Å². The van der Waals surface area contributed by atoms with Gasteiger partial charge in [0.25, 0.3) is 0 Å². The minimum Gasteiger partial charge on any atom is -0.326 e. The van der Waals surface area contributed by atoms with Gasteiger partial charge in [0.05, 0.1) is 0 Å². The van der Waals surface area contributed by atoms with Crippen LogP contribution in [0.3, 0.4) is 0 Å². The second-order valence-electron chi connectivity index (χ2n) is 6.47. The summed E-state index contributed by atoms with van der Waals surface area (Å²) in [4.78, 5) is 23.9. The highest BCUT2D eigenvalue weighted by Gasteiger charge is 2.05. The Bertz CT molecular complexity index is 681. The van der Waals surface area contributed by atoms with E-state index in [1.807, 2.05) is 54.6 Å². The average Bonchev–Trinajstić information content (AvgIpc) is 2.66. The molecule has 0 saturated heterocycles. The Labute approximate surface area is 156 Å². The lowest BCUT2D eigenvalue weighted by Crippen LogP contribution is -2.13. The van der Waals surface area contributed by atoms with Crippen molar-refractivity contribution in [2.24, 2.45) is 0 Å². The summed E-state index contributed by atoms with van der Waals surface area (Å²) in [5.74, 6) is 0.0299. The molecule has 2 amide bonds. The summed E-state index contributed by atoms with van der Waals surface area (Å²) < 4.78 is 0. The van der Waals surface area contributed by atoms with Gasteiger partial charge in [0, 0.05) is 24.2 Å². The molecule has 0 saturated carbocycles. The second-order valence-corrected chi connectivity index (χ2v) is 6.47. The molecule has 4 heteroatoms. The number of rotatable bonds is 10. The number of anilines is 2. The third-order valence-electron chi connectivity index (χ3n) is 4.19. The molecular formula is C22H28N2O2. The van der Waals surface area contributed by atoms with Crippen LogP contribution in [-0.4, -0.2) is 11.8 Å². The lowest BCUT2D eigenvalue weighted by atomic mass is 10.1. The van der Waals surface area contributed by atoms with Crippen LogP contribution in [0.4, 0.5) is 11.4 Å². The van der Waals surface area contributed by atoms with Gasteiger partial charge in [-0.15, -0.1) is 0 Å². The smallest absolute Gasteiger partial charge is 0.224 e. The zero-order chi connectivity index (χ0) is 18.6. The highest BCUT2D eigenvalue weighted by atomic mass is 16.2. The molecule has 0 aromatic heterocycles. The largest absolute Gasteiger partial charge is 0.326 e. The lowest BCUT2D eigenvalue weighted by Gasteiger charge is -2.08. The minimum atomic E-state index is -0.0124. The van der Waals surface area contributed by atoms with Crippen LogP contribution >= 0.6 is 0 Å². The van der Waals surface area contributed by atoms with Gasteiger partial charge in [0.15, 0.2) is 0 Å². The highest BCUT2D eigenvalue weighted by Crippen LogP contribution is 2.15. The minimum absolute atomic E-state index is 0.0124. The Kier molecular flexibility index (Phi) is 8.40. The molecule has 0 bridgehead atoms. The summed E-state index contributed by atoms with van der Waals surface area (Å²) >= 11 is 0. The number of hydrogen-bond acceptors (Lipinski definition) is 2. The molecule has 4 nitrogen and oxygen atoms in total. The zero-order valence-corrected chi connectivity index (χ0v) is 15.5. The van der Waals surface area contributed by atoms with E-state index in [2.05, 4.69) is 17.6 Å². The Balaban J connectivity index is 1.72. The van der Waals surface area contributed by atoms with Gasteiger partial charge in [-0.05, 0) is 42.7 Å². The number of carbonyl (C=O) groups excluding carboxylic acids is 2. The van der Waals surface area contributed by atoms with E-state index in [-0.39, 0.29) is 11.8 Å². The van der Waals surface area contributed by atoms with Gasteiger partial charge in [0.2, 0.25) is 11.8 Å². The summed E-state index contributed by atoms with van der Waals surface area (Å²) in [6, 6.07) is 17.2. The number of unbranched alkanes of at least 4 members (excludes halogenated alkanes) is 3. The molecule has 0 heterocycles. The van der Waals surface area contributed by atoms with Crippen molar-refractivity contribution in [2.45, 2.75) is 51.9 Å². The van der Waals surface area contributed by atoms with E-state index in [1.54, 1.807) is 0 Å². The topological polar surface area (TPSA) is 58.2 Å². The molecule has 0 unspecified atom stereocenters. The van der Waals surface area contributed by atoms with E-state index in [0.29, 0.717) is 12.8 Å². The molecule has 2 aromatic carbocycles. The SMILES string of the molecule is CCCCCCC(=O)Nc1ccc(NC(=O)CCc2ccccc2)cc1. The molecule has 0 aliphatic rings. The molecule has 2 rings (SSSR count). The van der Waals surface area contributed by atoms with Crippen molar-refractivity contribution in [3.63, 3.8) is 0 Å². The zero-order valence-electron chi connectivity index (χ0n) is 15.5. The van der Waals surface area contributed by atoms with E-state index in [1.165, 1.54) is 12.8 Å². The number of nitrogens with one attached hydrogen (secondary N) is 2. The van der Waals surface area contributed by atoms with Crippen molar-refractivity contribution >= 4 is 23.2 Å². The molecule has 0 radical (unpaired) electrons. The third-order valence-corrected chi connectivity index (χ3v) is 4.19. The van der Waals surface area contributed by atoms with Gasteiger partial charge in [-0.1, -0.05) is 56.5 Å². The summed E-state index contributed by atoms with van der Waals surface area (Å²) in [6.45, 7) is 2.15. The maximum absolute atomic E-state index is 12.0. The van der Waals surface area contributed by atoms with Crippen molar-refractivity contribution in [3.05, 3.63) is 60.2 Å². The normalized spacial score (nSPS) is 10.3. The van der Waals surface area contributed by atoms with Gasteiger partial charge in [-0.3, -0.25) is 9.59 Å². The quantitative estimate of drug-likeness (QED) is 0.580. The van der Waals surface area contributed by atoms with E-state index in [4.69, 9.17) is 0 Å². The molecule has 0 aliphatic heterocycles. The van der Waals surface area contributed by atoms with Crippen LogP contribution in [-0.2, 0) is 16.0 Å². The molecule has 0 spiro atoms. The van der Waals surface area contributed by atoms with E-state index in [0.717, 1.165) is 36.2 Å². The maximum atomic E-state index is 12.0. The first-order chi connectivity index (χ1) is 12.7. The number of aryl methyl sites for hydroxylation is 1. The highest BCUT2D eigenvalue weighted by molar-refractivity contribution is 5.93. The van der Waals surface area contributed by atoms with Crippen LogP contribution in [0.2, 0.25) is 0 Å². The maximum Gasteiger partial charge on any atom is 0.224 e. The standard InChI is InChI=1S/C22H28N2O2/c1-2-3-4-8-11-21(25)23-19-13-15-20(16-14-19)24-22(26)17-12-18-9-6-5-7-10-18/h5-7,9-10,13-16H,2-4,8,11-12,17H2,1H3,(H,23,25)(H,24,26). The molecule has 138 valence electrons. The molecule has 0 fully saturated rings. The number of hydrogen-bond donors (Lipinski definition) is 2. The van der Waals surface area contributed by atoms with Gasteiger partial charge >= 0.3 is 0 Å². The molecule has 26 heavy (non-hydrogen) atoms. The summed E-state index contributed by atoms with van der Waals surface area (Å²) in [6.07, 6.45) is 6.08. The summed E-state index contributed by atoms with van der Waals surface area (Å²) in [5, 5.41) is 5.78. The predicted octanol–water partition coefficient (Wildman–Crippen LogP) is 5.17. The summed E-state index contributed by atoms with van der Waals surface area (Å²) in [5.41, 5.74) is 2.65. The Hall–Kier alpha value is -2.62. The van der Waals surface area contributed by atoms with E-state index >= 15 is 0 Å². The Morgan fingerprint density at radius 1 is 0.731 bits per heavy atom. The molecule has 2 N–H and O–H groups in total. The van der Waals surface area contributed by atoms with Gasteiger partial charge in [-0.2, -0.15) is 0 Å². The second kappa shape index (κ2) is 11.1. The van der Waals surface area contributed by atoms with Crippen molar-refractivity contribution in [1.29, 1.82) is 0 Å². The fourth-order valence-electron chi connectivity index (χ4n) is 2.70. The van der Waals surface area contributed by atoms with Crippen LogP contribution in [0.5, 0.6) is 0 Å². The molecule has 2 aromatic rings. The van der Waals surface area contributed by atoms with Crippen molar-refractivity contribution in [2.75, 3.05) is 10.6 Å². The lowest BCUT2D eigenvalue weighted by molar-refractivity contribution is -0.117. The molecular weight excluding hydrogens is 324 g/mol. The van der Waals surface area contributed by atoms with Gasteiger partial charge in [-0.25, -0.2) is 0 Å². The first-order valence-electron chi connectivity index (χ1n) is 9.41. The van der Waals surface area contributed by atoms with Crippen molar-refractivity contribution < 1.29 is 9.59 Å². The van der Waals surface area contributed by atoms with Crippen LogP contribution in [0, 0.1) is 0 Å². The van der Waals surface area contributed by atoms with E-state index in [9.17, 15) is 9.59 Å². The van der Waals surface area contributed by atoms with Crippen LogP contribution in [0.15, 0.2) is 54.6 Å². The average molecular weight is 352 g/mol. The molecule has 0 aliphatic carbocycles. The van der Waals surface area contributed by atoms with Crippen LogP contribution in [0.1, 0.15) is 51.0 Å². The number of amides is 2.